The summed E-state index contributed by atoms with van der Waals surface area (Å²) >= 11 is 0. The summed E-state index contributed by atoms with van der Waals surface area (Å²) in [6.07, 6.45) is 7.23. The summed E-state index contributed by atoms with van der Waals surface area (Å²) in [5.74, 6) is -7.46. The molecular weight excluding hydrogens is 479 g/mol. The van der Waals surface area contributed by atoms with E-state index in [0.29, 0.717) is 24.0 Å². The van der Waals surface area contributed by atoms with Crippen LogP contribution >= 0.6 is 0 Å². The van der Waals surface area contributed by atoms with E-state index < -0.39 is 46.1 Å². The van der Waals surface area contributed by atoms with Gasteiger partial charge in [0.2, 0.25) is 0 Å². The summed E-state index contributed by atoms with van der Waals surface area (Å²) in [7, 11) is 1.74. The smallest absolute Gasteiger partial charge is 0.199 e. The van der Waals surface area contributed by atoms with E-state index in [0.717, 1.165) is 12.8 Å². The third kappa shape index (κ3) is 4.39. The molecule has 2 aromatic carbocycles. The van der Waals surface area contributed by atoms with Gasteiger partial charge in [-0.2, -0.15) is 5.10 Å². The van der Waals surface area contributed by atoms with Gasteiger partial charge < -0.3 is 15.0 Å². The predicted octanol–water partition coefficient (Wildman–Crippen LogP) is 5.18. The Morgan fingerprint density at radius 1 is 0.944 bits per heavy atom. The second-order valence-corrected chi connectivity index (χ2v) is 9.31. The quantitative estimate of drug-likeness (QED) is 0.216. The Bertz CT molecular complexity index is 1430. The second-order valence-electron chi connectivity index (χ2n) is 9.31. The van der Waals surface area contributed by atoms with Crippen LogP contribution in [0.4, 0.5) is 22.0 Å². The SMILES string of the molecule is Cn1cc(-c2ccc(Cn3cc(CNC4CCCCC4O)c4c(F)c(F)c(F)c(F)c43)c(F)c2)cn1. The first kappa shape index (κ1) is 24.5. The molecule has 2 atom stereocenters. The van der Waals surface area contributed by atoms with Gasteiger partial charge in [-0.25, -0.2) is 22.0 Å². The first-order valence-electron chi connectivity index (χ1n) is 11.8. The molecule has 1 saturated carbocycles. The van der Waals surface area contributed by atoms with Crippen LogP contribution in [0, 0.1) is 29.1 Å². The van der Waals surface area contributed by atoms with Crippen molar-refractivity contribution in [3.63, 3.8) is 0 Å². The summed E-state index contributed by atoms with van der Waals surface area (Å²) < 4.78 is 75.8. The predicted molar refractivity (Wildman–Crippen MR) is 125 cm³/mol. The van der Waals surface area contributed by atoms with Crippen LogP contribution in [0.2, 0.25) is 0 Å². The summed E-state index contributed by atoms with van der Waals surface area (Å²) in [5, 5.41) is 17.0. The standard InChI is InChI=1S/C26H25F5N4O/c1-34-11-16(10-33-34)14-6-7-15(18(27)8-14)12-35-13-17(9-32-19-4-2-3-5-20(19)36)21-22(28)23(29)24(30)25(31)26(21)35/h6-8,10-11,13,19-20,32,36H,2-5,9,12H2,1H3. The summed E-state index contributed by atoms with van der Waals surface area (Å²) in [4.78, 5) is 0. The molecule has 10 heteroatoms. The van der Waals surface area contributed by atoms with Crippen molar-refractivity contribution in [2.24, 2.45) is 7.05 Å². The zero-order valence-electron chi connectivity index (χ0n) is 19.5. The monoisotopic (exact) mass is 504 g/mol. The third-order valence-corrected chi connectivity index (χ3v) is 6.88. The molecular formula is C26H25F5N4O. The summed E-state index contributed by atoms with van der Waals surface area (Å²) in [5.41, 5.74) is 1.15. The topological polar surface area (TPSA) is 55.0 Å². The van der Waals surface area contributed by atoms with Crippen LogP contribution in [0.1, 0.15) is 36.8 Å². The van der Waals surface area contributed by atoms with Gasteiger partial charge in [0, 0.05) is 48.5 Å². The van der Waals surface area contributed by atoms with Crippen molar-refractivity contribution in [2.45, 2.75) is 50.9 Å². The maximum Gasteiger partial charge on any atom is 0.199 e. The van der Waals surface area contributed by atoms with E-state index >= 15 is 4.39 Å². The maximum atomic E-state index is 15.0. The van der Waals surface area contributed by atoms with Crippen molar-refractivity contribution in [1.29, 1.82) is 0 Å². The molecule has 0 amide bonds. The van der Waals surface area contributed by atoms with E-state index in [1.807, 2.05) is 0 Å². The number of aliphatic hydroxyl groups excluding tert-OH is 1. The lowest BCUT2D eigenvalue weighted by molar-refractivity contribution is 0.0903. The van der Waals surface area contributed by atoms with E-state index in [1.54, 1.807) is 30.2 Å². The average molecular weight is 505 g/mol. The molecule has 2 N–H and O–H groups in total. The molecule has 4 aromatic rings. The van der Waals surface area contributed by atoms with Gasteiger partial charge in [0.05, 0.1) is 24.4 Å². The molecule has 0 bridgehead atoms. The van der Waals surface area contributed by atoms with Crippen LogP contribution in [0.15, 0.2) is 36.8 Å². The molecule has 2 aromatic heterocycles. The average Bonchev–Trinajstić information content (AvgIpc) is 3.45. The van der Waals surface area contributed by atoms with E-state index in [2.05, 4.69) is 10.4 Å². The molecule has 1 aliphatic carbocycles. The van der Waals surface area contributed by atoms with Gasteiger partial charge in [0.1, 0.15) is 5.82 Å². The van der Waals surface area contributed by atoms with Crippen LogP contribution in [0.3, 0.4) is 0 Å². The first-order valence-corrected chi connectivity index (χ1v) is 11.8. The van der Waals surface area contributed by atoms with Crippen LogP contribution in [-0.2, 0) is 20.1 Å². The molecule has 0 spiro atoms. The fourth-order valence-electron chi connectivity index (χ4n) is 4.96. The zero-order valence-corrected chi connectivity index (χ0v) is 19.5. The van der Waals surface area contributed by atoms with Crippen molar-refractivity contribution < 1.29 is 27.1 Å². The molecule has 36 heavy (non-hydrogen) atoms. The molecule has 0 saturated heterocycles. The van der Waals surface area contributed by atoms with Gasteiger partial charge >= 0.3 is 0 Å². The highest BCUT2D eigenvalue weighted by molar-refractivity contribution is 5.85. The Labute approximate surface area is 204 Å². The maximum absolute atomic E-state index is 15.0. The van der Waals surface area contributed by atoms with Crippen LogP contribution < -0.4 is 5.32 Å². The molecule has 2 heterocycles. The number of benzene rings is 2. The van der Waals surface area contributed by atoms with Crippen molar-refractivity contribution in [1.82, 2.24) is 19.7 Å². The number of nitrogens with zero attached hydrogens (tertiary/aromatic N) is 3. The summed E-state index contributed by atoms with van der Waals surface area (Å²) in [6.45, 7) is -0.238. The van der Waals surface area contributed by atoms with E-state index in [4.69, 9.17) is 0 Å². The molecule has 2 unspecified atom stereocenters. The molecule has 5 nitrogen and oxygen atoms in total. The van der Waals surface area contributed by atoms with Gasteiger partial charge in [-0.05, 0) is 30.0 Å². The number of rotatable bonds is 6. The molecule has 0 radical (unpaired) electrons. The lowest BCUT2D eigenvalue weighted by atomic mass is 9.92. The first-order chi connectivity index (χ1) is 17.2. The Kier molecular flexibility index (Phi) is 6.57. The lowest BCUT2D eigenvalue weighted by Gasteiger charge is -2.28. The van der Waals surface area contributed by atoms with Gasteiger partial charge in [-0.15, -0.1) is 0 Å². The minimum absolute atomic E-state index is 0.00487. The largest absolute Gasteiger partial charge is 0.392 e. The van der Waals surface area contributed by atoms with Crippen molar-refractivity contribution in [3.05, 3.63) is 77.0 Å². The van der Waals surface area contributed by atoms with Crippen LogP contribution in [0.5, 0.6) is 0 Å². The van der Waals surface area contributed by atoms with Gasteiger partial charge in [0.15, 0.2) is 23.3 Å². The highest BCUT2D eigenvalue weighted by atomic mass is 19.2. The van der Waals surface area contributed by atoms with Gasteiger partial charge in [-0.1, -0.05) is 25.0 Å². The number of aliphatic hydroxyl groups is 1. The van der Waals surface area contributed by atoms with Crippen molar-refractivity contribution in [2.75, 3.05) is 0 Å². The zero-order chi connectivity index (χ0) is 25.6. The Hall–Kier alpha value is -3.24. The van der Waals surface area contributed by atoms with Crippen LogP contribution in [-0.4, -0.2) is 31.6 Å². The molecule has 0 aliphatic heterocycles. The Balaban J connectivity index is 1.52. The van der Waals surface area contributed by atoms with Gasteiger partial charge in [-0.3, -0.25) is 4.68 Å². The lowest BCUT2D eigenvalue weighted by Crippen LogP contribution is -2.41. The number of hydrogen-bond acceptors (Lipinski definition) is 3. The minimum Gasteiger partial charge on any atom is -0.392 e. The molecule has 5 rings (SSSR count). The number of aryl methyl sites for hydroxylation is 1. The number of hydrogen-bond donors (Lipinski definition) is 2. The van der Waals surface area contributed by atoms with Crippen molar-refractivity contribution >= 4 is 10.9 Å². The molecule has 1 aliphatic rings. The highest BCUT2D eigenvalue weighted by Crippen LogP contribution is 2.33. The van der Waals surface area contributed by atoms with Crippen LogP contribution in [0.25, 0.3) is 22.0 Å². The number of nitrogens with one attached hydrogen (secondary N) is 1. The summed E-state index contributed by atoms with van der Waals surface area (Å²) in [6, 6.07) is 4.23. The second kappa shape index (κ2) is 9.67. The molecule has 1 fully saturated rings. The number of halogens is 5. The Morgan fingerprint density at radius 2 is 1.69 bits per heavy atom. The number of fused-ring (bicyclic) bond motifs is 1. The minimum atomic E-state index is -1.92. The normalized spacial score (nSPS) is 18.3. The van der Waals surface area contributed by atoms with E-state index in [1.165, 1.54) is 22.9 Å². The fourth-order valence-corrected chi connectivity index (χ4v) is 4.96. The van der Waals surface area contributed by atoms with E-state index in [9.17, 15) is 22.7 Å². The van der Waals surface area contributed by atoms with Gasteiger partial charge in [0.25, 0.3) is 0 Å². The third-order valence-electron chi connectivity index (χ3n) is 6.88. The van der Waals surface area contributed by atoms with Crippen molar-refractivity contribution in [3.8, 4) is 11.1 Å². The molecule has 190 valence electrons. The number of aromatic nitrogens is 3. The van der Waals surface area contributed by atoms with E-state index in [-0.39, 0.29) is 30.3 Å². The fraction of sp³-hybridized carbons (Fsp3) is 0.346. The Morgan fingerprint density at radius 3 is 2.39 bits per heavy atom. The highest BCUT2D eigenvalue weighted by Gasteiger charge is 2.28.